The van der Waals surface area contributed by atoms with E-state index in [1.165, 1.54) is 6.39 Å². The van der Waals surface area contributed by atoms with Crippen molar-refractivity contribution in [2.24, 2.45) is 5.73 Å². The summed E-state index contributed by atoms with van der Waals surface area (Å²) >= 11 is 0. The van der Waals surface area contributed by atoms with Crippen LogP contribution in [0.15, 0.2) is 77.7 Å². The number of carbonyl (C=O) groups is 1. The summed E-state index contributed by atoms with van der Waals surface area (Å²) in [6, 6.07) is 18.7. The molecule has 2 aromatic heterocycles. The normalized spacial score (nSPS) is 11.8. The molecule has 0 bridgehead atoms. The number of aromatic nitrogens is 2. The first-order chi connectivity index (χ1) is 17.5. The molecule has 8 nitrogen and oxygen atoms in total. The molecule has 0 aliphatic carbocycles. The standard InChI is InChI=1S/C28H30N4O4/c1-19-27(36-18-32-19)17-35-25-11-9-20(23(14-25)15-29)8-10-24(33)16-31-28(34)22-6-4-5-21(13-22)26-7-2-3-12-30-26/h2-7,9,11-14,18,24,33H,8,10,15-17,29H2,1H3,(H,31,34)/t24-/m0/s1. The highest BCUT2D eigenvalue weighted by atomic mass is 16.5. The number of rotatable bonds is 11. The van der Waals surface area contributed by atoms with Gasteiger partial charge in [0.15, 0.2) is 12.2 Å². The van der Waals surface area contributed by atoms with Gasteiger partial charge in [0.1, 0.15) is 12.4 Å². The van der Waals surface area contributed by atoms with E-state index in [0.29, 0.717) is 43.1 Å². The van der Waals surface area contributed by atoms with Crippen molar-refractivity contribution in [1.82, 2.24) is 15.3 Å². The molecule has 0 radical (unpaired) electrons. The van der Waals surface area contributed by atoms with E-state index in [2.05, 4.69) is 15.3 Å². The van der Waals surface area contributed by atoms with E-state index in [1.807, 2.05) is 55.5 Å². The Hall–Kier alpha value is -4.01. The molecule has 1 amide bonds. The number of nitrogens with two attached hydrogens (primary N) is 1. The van der Waals surface area contributed by atoms with Gasteiger partial charge in [0, 0.05) is 30.4 Å². The molecule has 1 atom stereocenters. The largest absolute Gasteiger partial charge is 0.486 e. The number of amides is 1. The van der Waals surface area contributed by atoms with Crippen molar-refractivity contribution in [2.45, 2.75) is 39.0 Å². The first kappa shape index (κ1) is 25.1. The summed E-state index contributed by atoms with van der Waals surface area (Å²) in [7, 11) is 0. The number of hydrogen-bond acceptors (Lipinski definition) is 7. The van der Waals surface area contributed by atoms with Crippen LogP contribution in [0.1, 0.15) is 39.4 Å². The molecule has 8 heteroatoms. The second-order valence-corrected chi connectivity index (χ2v) is 8.48. The molecule has 0 saturated carbocycles. The highest BCUT2D eigenvalue weighted by Gasteiger charge is 2.13. The topological polar surface area (TPSA) is 124 Å². The molecule has 4 rings (SSSR count). The number of aryl methyl sites for hydroxylation is 2. The molecule has 0 unspecified atom stereocenters. The van der Waals surface area contributed by atoms with Crippen LogP contribution in [0, 0.1) is 6.92 Å². The van der Waals surface area contributed by atoms with Crippen LogP contribution in [-0.4, -0.2) is 33.6 Å². The van der Waals surface area contributed by atoms with Gasteiger partial charge in [-0.1, -0.05) is 24.3 Å². The zero-order valence-corrected chi connectivity index (χ0v) is 20.2. The third kappa shape index (κ3) is 6.56. The van der Waals surface area contributed by atoms with Gasteiger partial charge in [-0.25, -0.2) is 4.98 Å². The summed E-state index contributed by atoms with van der Waals surface area (Å²) < 4.78 is 11.1. The summed E-state index contributed by atoms with van der Waals surface area (Å²) in [6.45, 7) is 2.66. The molecule has 0 aliphatic heterocycles. The van der Waals surface area contributed by atoms with Gasteiger partial charge in [-0.05, 0) is 67.3 Å². The van der Waals surface area contributed by atoms with Crippen LogP contribution >= 0.6 is 0 Å². The van der Waals surface area contributed by atoms with Gasteiger partial charge >= 0.3 is 0 Å². The number of aliphatic hydroxyl groups excluding tert-OH is 1. The van der Waals surface area contributed by atoms with Crippen molar-refractivity contribution in [1.29, 1.82) is 0 Å². The molecule has 0 saturated heterocycles. The number of nitrogens with zero attached hydrogens (tertiary/aromatic N) is 2. The molecular formula is C28H30N4O4. The lowest BCUT2D eigenvalue weighted by Gasteiger charge is -2.15. The van der Waals surface area contributed by atoms with Gasteiger partial charge in [-0.15, -0.1) is 0 Å². The van der Waals surface area contributed by atoms with Crippen molar-refractivity contribution in [3.8, 4) is 17.0 Å². The van der Waals surface area contributed by atoms with Crippen LogP contribution in [0.3, 0.4) is 0 Å². The van der Waals surface area contributed by atoms with E-state index in [-0.39, 0.29) is 12.5 Å². The lowest BCUT2D eigenvalue weighted by molar-refractivity contribution is 0.0911. The molecule has 2 heterocycles. The summed E-state index contributed by atoms with van der Waals surface area (Å²) in [5, 5.41) is 13.3. The molecular weight excluding hydrogens is 456 g/mol. The number of carbonyl (C=O) groups excluding carboxylic acids is 1. The van der Waals surface area contributed by atoms with E-state index in [0.717, 1.165) is 28.1 Å². The quantitative estimate of drug-likeness (QED) is 0.295. The Balaban J connectivity index is 1.28. The third-order valence-electron chi connectivity index (χ3n) is 5.94. The molecule has 0 fully saturated rings. The van der Waals surface area contributed by atoms with Crippen molar-refractivity contribution in [3.05, 3.63) is 101 Å². The van der Waals surface area contributed by atoms with E-state index < -0.39 is 6.10 Å². The Morgan fingerprint density at radius 2 is 2.00 bits per heavy atom. The Morgan fingerprint density at radius 3 is 2.75 bits per heavy atom. The maximum absolute atomic E-state index is 12.6. The van der Waals surface area contributed by atoms with Crippen LogP contribution < -0.4 is 15.8 Å². The molecule has 36 heavy (non-hydrogen) atoms. The average molecular weight is 487 g/mol. The lowest BCUT2D eigenvalue weighted by Crippen LogP contribution is -2.32. The Morgan fingerprint density at radius 1 is 1.11 bits per heavy atom. The molecule has 4 N–H and O–H groups in total. The maximum Gasteiger partial charge on any atom is 0.251 e. The number of hydrogen-bond donors (Lipinski definition) is 3. The number of oxazole rings is 1. The van der Waals surface area contributed by atoms with Crippen molar-refractivity contribution < 1.29 is 19.1 Å². The number of pyridine rings is 1. The van der Waals surface area contributed by atoms with Gasteiger partial charge in [-0.2, -0.15) is 0 Å². The van der Waals surface area contributed by atoms with Crippen molar-refractivity contribution in [3.63, 3.8) is 0 Å². The SMILES string of the molecule is Cc1ncoc1COc1ccc(CC[C@H](O)CNC(=O)c2cccc(-c3ccccn3)c2)c(CN)c1. The highest BCUT2D eigenvalue weighted by molar-refractivity contribution is 5.95. The van der Waals surface area contributed by atoms with Crippen LogP contribution in [-0.2, 0) is 19.6 Å². The number of ether oxygens (including phenoxy) is 1. The number of aliphatic hydroxyl groups is 1. The molecule has 186 valence electrons. The van der Waals surface area contributed by atoms with E-state index in [1.54, 1.807) is 18.3 Å². The fourth-order valence-corrected chi connectivity index (χ4v) is 3.83. The second-order valence-electron chi connectivity index (χ2n) is 8.48. The minimum absolute atomic E-state index is 0.155. The minimum atomic E-state index is -0.691. The predicted octanol–water partition coefficient (Wildman–Crippen LogP) is 3.81. The predicted molar refractivity (Wildman–Crippen MR) is 136 cm³/mol. The Bertz CT molecular complexity index is 1290. The molecule has 0 aliphatic rings. The lowest BCUT2D eigenvalue weighted by atomic mass is 10.0. The first-order valence-corrected chi connectivity index (χ1v) is 11.8. The summed E-state index contributed by atoms with van der Waals surface area (Å²) in [6.07, 6.45) is 3.53. The fraction of sp³-hybridized carbons (Fsp3) is 0.250. The van der Waals surface area contributed by atoms with E-state index in [4.69, 9.17) is 14.9 Å². The summed E-state index contributed by atoms with van der Waals surface area (Å²) in [5.41, 5.74) is 10.9. The molecule has 4 aromatic rings. The smallest absolute Gasteiger partial charge is 0.251 e. The Labute approximate surface area is 210 Å². The number of benzene rings is 2. The first-order valence-electron chi connectivity index (χ1n) is 11.8. The molecule has 2 aromatic carbocycles. The van der Waals surface area contributed by atoms with Gasteiger partial charge in [0.25, 0.3) is 5.91 Å². The van der Waals surface area contributed by atoms with Gasteiger partial charge < -0.3 is 25.3 Å². The van der Waals surface area contributed by atoms with E-state index in [9.17, 15) is 9.90 Å². The van der Waals surface area contributed by atoms with Crippen LogP contribution in [0.5, 0.6) is 5.75 Å². The molecule has 0 spiro atoms. The van der Waals surface area contributed by atoms with Gasteiger partial charge in [0.05, 0.1) is 17.5 Å². The van der Waals surface area contributed by atoms with Crippen LogP contribution in [0.25, 0.3) is 11.3 Å². The fourth-order valence-electron chi connectivity index (χ4n) is 3.83. The average Bonchev–Trinajstić information content (AvgIpc) is 3.34. The monoisotopic (exact) mass is 486 g/mol. The number of nitrogens with one attached hydrogen (secondary N) is 1. The summed E-state index contributed by atoms with van der Waals surface area (Å²) in [4.78, 5) is 21.0. The maximum atomic E-state index is 12.6. The highest BCUT2D eigenvalue weighted by Crippen LogP contribution is 2.21. The van der Waals surface area contributed by atoms with Crippen molar-refractivity contribution in [2.75, 3.05) is 6.54 Å². The van der Waals surface area contributed by atoms with E-state index >= 15 is 0 Å². The zero-order chi connectivity index (χ0) is 25.3. The zero-order valence-electron chi connectivity index (χ0n) is 20.2. The Kier molecular flexibility index (Phi) is 8.44. The summed E-state index contributed by atoms with van der Waals surface area (Å²) in [5.74, 6) is 1.13. The third-order valence-corrected chi connectivity index (χ3v) is 5.94. The van der Waals surface area contributed by atoms with Crippen LogP contribution in [0.4, 0.5) is 0 Å². The van der Waals surface area contributed by atoms with Crippen molar-refractivity contribution >= 4 is 5.91 Å². The minimum Gasteiger partial charge on any atom is -0.486 e. The van der Waals surface area contributed by atoms with Gasteiger partial charge in [-0.3, -0.25) is 9.78 Å². The van der Waals surface area contributed by atoms with Gasteiger partial charge in [0.2, 0.25) is 0 Å². The second kappa shape index (κ2) is 12.1. The van der Waals surface area contributed by atoms with Crippen LogP contribution in [0.2, 0.25) is 0 Å².